The van der Waals surface area contributed by atoms with Crippen LogP contribution in [0.4, 0.5) is 0 Å². The summed E-state index contributed by atoms with van der Waals surface area (Å²) in [6.45, 7) is 4.35. The van der Waals surface area contributed by atoms with E-state index in [1.807, 2.05) is 13.8 Å². The molecule has 0 fully saturated rings. The van der Waals surface area contributed by atoms with Crippen LogP contribution in [0.2, 0.25) is 0 Å². The standard InChI is InChI=1S/C13H22O2/c1-3-5-6-7-8-9-10-11-12-13(14)15-4-2/h3,5,8-9H,4,6-7,10-12H2,1-2H3/b5-3+,9-8+. The fourth-order valence-corrected chi connectivity index (χ4v) is 1.19. The van der Waals surface area contributed by atoms with Gasteiger partial charge in [0.1, 0.15) is 0 Å². The lowest BCUT2D eigenvalue weighted by Crippen LogP contribution is -2.02. The van der Waals surface area contributed by atoms with Gasteiger partial charge < -0.3 is 4.74 Å². The first-order chi connectivity index (χ1) is 7.31. The van der Waals surface area contributed by atoms with Crippen molar-refractivity contribution in [3.8, 4) is 0 Å². The van der Waals surface area contributed by atoms with E-state index in [-0.39, 0.29) is 5.97 Å². The van der Waals surface area contributed by atoms with E-state index in [1.165, 1.54) is 0 Å². The summed E-state index contributed by atoms with van der Waals surface area (Å²) in [5.74, 6) is -0.0835. The molecule has 0 heterocycles. The minimum absolute atomic E-state index is 0.0835. The first-order valence-electron chi connectivity index (χ1n) is 5.73. The molecule has 0 aliphatic rings. The molecule has 15 heavy (non-hydrogen) atoms. The zero-order valence-electron chi connectivity index (χ0n) is 9.87. The summed E-state index contributed by atoms with van der Waals surface area (Å²) in [7, 11) is 0. The summed E-state index contributed by atoms with van der Waals surface area (Å²) >= 11 is 0. The van der Waals surface area contributed by atoms with Crippen LogP contribution in [0.1, 0.15) is 46.0 Å². The average Bonchev–Trinajstić information content (AvgIpc) is 2.22. The normalized spacial score (nSPS) is 11.3. The van der Waals surface area contributed by atoms with E-state index < -0.39 is 0 Å². The van der Waals surface area contributed by atoms with Crippen molar-refractivity contribution in [1.29, 1.82) is 0 Å². The molecule has 0 spiro atoms. The van der Waals surface area contributed by atoms with Gasteiger partial charge in [0.15, 0.2) is 0 Å². The Labute approximate surface area is 93.0 Å². The molecule has 0 bridgehead atoms. The highest BCUT2D eigenvalue weighted by Gasteiger charge is 1.98. The Balaban J connectivity index is 3.26. The van der Waals surface area contributed by atoms with Crippen LogP contribution in [-0.4, -0.2) is 12.6 Å². The topological polar surface area (TPSA) is 26.3 Å². The monoisotopic (exact) mass is 210 g/mol. The number of esters is 1. The molecular formula is C13H22O2. The molecule has 0 amide bonds. The van der Waals surface area contributed by atoms with E-state index in [2.05, 4.69) is 24.3 Å². The Morgan fingerprint density at radius 2 is 1.80 bits per heavy atom. The van der Waals surface area contributed by atoms with Crippen LogP contribution < -0.4 is 0 Å². The van der Waals surface area contributed by atoms with Crippen molar-refractivity contribution in [2.24, 2.45) is 0 Å². The molecule has 2 heteroatoms. The number of unbranched alkanes of at least 4 members (excludes halogenated alkanes) is 2. The van der Waals surface area contributed by atoms with Crippen LogP contribution in [0.3, 0.4) is 0 Å². The first-order valence-corrected chi connectivity index (χ1v) is 5.73. The summed E-state index contributed by atoms with van der Waals surface area (Å²) in [6, 6.07) is 0. The number of hydrogen-bond donors (Lipinski definition) is 0. The number of ether oxygens (including phenoxy) is 1. The minimum atomic E-state index is -0.0835. The van der Waals surface area contributed by atoms with Crippen molar-refractivity contribution in [2.45, 2.75) is 46.0 Å². The maximum absolute atomic E-state index is 11.0. The zero-order valence-corrected chi connectivity index (χ0v) is 9.87. The largest absolute Gasteiger partial charge is 0.466 e. The Morgan fingerprint density at radius 3 is 2.47 bits per heavy atom. The second kappa shape index (κ2) is 11.0. The molecular weight excluding hydrogens is 188 g/mol. The average molecular weight is 210 g/mol. The fraction of sp³-hybridized carbons (Fsp3) is 0.615. The molecule has 0 aliphatic carbocycles. The number of carbonyl (C=O) groups is 1. The summed E-state index contributed by atoms with van der Waals surface area (Å²) in [5, 5.41) is 0. The van der Waals surface area contributed by atoms with Gasteiger partial charge in [-0.05, 0) is 39.5 Å². The maximum atomic E-state index is 11.0. The van der Waals surface area contributed by atoms with Crippen molar-refractivity contribution in [2.75, 3.05) is 6.61 Å². The van der Waals surface area contributed by atoms with Crippen LogP contribution in [0.25, 0.3) is 0 Å². The Morgan fingerprint density at radius 1 is 1.13 bits per heavy atom. The molecule has 0 aromatic carbocycles. The highest BCUT2D eigenvalue weighted by molar-refractivity contribution is 5.69. The molecule has 86 valence electrons. The highest BCUT2D eigenvalue weighted by Crippen LogP contribution is 2.00. The Hall–Kier alpha value is -1.05. The number of hydrogen-bond acceptors (Lipinski definition) is 2. The quantitative estimate of drug-likeness (QED) is 0.347. The van der Waals surface area contributed by atoms with Crippen molar-refractivity contribution >= 4 is 5.97 Å². The van der Waals surface area contributed by atoms with E-state index in [1.54, 1.807) is 0 Å². The third-order valence-corrected chi connectivity index (χ3v) is 1.96. The van der Waals surface area contributed by atoms with Gasteiger partial charge in [0.25, 0.3) is 0 Å². The summed E-state index contributed by atoms with van der Waals surface area (Å²) in [5.41, 5.74) is 0. The SMILES string of the molecule is C/C=C/CC/C=C/CCCC(=O)OCC. The van der Waals surface area contributed by atoms with Gasteiger partial charge in [-0.3, -0.25) is 4.79 Å². The molecule has 0 rings (SSSR count). The van der Waals surface area contributed by atoms with Gasteiger partial charge in [0.2, 0.25) is 0 Å². The molecule has 2 nitrogen and oxygen atoms in total. The smallest absolute Gasteiger partial charge is 0.305 e. The van der Waals surface area contributed by atoms with Crippen LogP contribution in [-0.2, 0) is 9.53 Å². The van der Waals surface area contributed by atoms with E-state index >= 15 is 0 Å². The van der Waals surface area contributed by atoms with Crippen LogP contribution in [0.15, 0.2) is 24.3 Å². The predicted molar refractivity (Wildman–Crippen MR) is 63.7 cm³/mol. The lowest BCUT2D eigenvalue weighted by molar-refractivity contribution is -0.143. The van der Waals surface area contributed by atoms with E-state index in [0.29, 0.717) is 13.0 Å². The fourth-order valence-electron chi connectivity index (χ4n) is 1.19. The summed E-state index contributed by atoms with van der Waals surface area (Å²) in [4.78, 5) is 11.0. The van der Waals surface area contributed by atoms with E-state index in [4.69, 9.17) is 4.74 Å². The third kappa shape index (κ3) is 10.9. The third-order valence-electron chi connectivity index (χ3n) is 1.96. The van der Waals surface area contributed by atoms with Crippen LogP contribution >= 0.6 is 0 Å². The second-order valence-corrected chi connectivity index (χ2v) is 3.32. The van der Waals surface area contributed by atoms with Gasteiger partial charge >= 0.3 is 5.97 Å². The van der Waals surface area contributed by atoms with Gasteiger partial charge in [-0.1, -0.05) is 24.3 Å². The maximum Gasteiger partial charge on any atom is 0.305 e. The molecule has 0 saturated heterocycles. The second-order valence-electron chi connectivity index (χ2n) is 3.32. The van der Waals surface area contributed by atoms with Gasteiger partial charge in [-0.2, -0.15) is 0 Å². The minimum Gasteiger partial charge on any atom is -0.466 e. The molecule has 0 radical (unpaired) electrons. The van der Waals surface area contributed by atoms with Gasteiger partial charge in [0, 0.05) is 6.42 Å². The van der Waals surface area contributed by atoms with Gasteiger partial charge in [0.05, 0.1) is 6.61 Å². The number of allylic oxidation sites excluding steroid dienone is 4. The lowest BCUT2D eigenvalue weighted by Gasteiger charge is -1.98. The zero-order chi connectivity index (χ0) is 11.4. The van der Waals surface area contributed by atoms with Crippen molar-refractivity contribution in [3.05, 3.63) is 24.3 Å². The van der Waals surface area contributed by atoms with Crippen molar-refractivity contribution in [3.63, 3.8) is 0 Å². The van der Waals surface area contributed by atoms with Crippen molar-refractivity contribution < 1.29 is 9.53 Å². The molecule has 0 aliphatic heterocycles. The summed E-state index contributed by atoms with van der Waals surface area (Å²) in [6.07, 6.45) is 13.1. The molecule has 0 N–H and O–H groups in total. The van der Waals surface area contributed by atoms with Gasteiger partial charge in [-0.15, -0.1) is 0 Å². The predicted octanol–water partition coefficient (Wildman–Crippen LogP) is 3.63. The Kier molecular flexibility index (Phi) is 10.3. The lowest BCUT2D eigenvalue weighted by atomic mass is 10.2. The number of rotatable bonds is 8. The summed E-state index contributed by atoms with van der Waals surface area (Å²) < 4.78 is 4.83. The molecule has 0 atom stereocenters. The molecule has 0 unspecified atom stereocenters. The number of carbonyl (C=O) groups excluding carboxylic acids is 1. The highest BCUT2D eigenvalue weighted by atomic mass is 16.5. The van der Waals surface area contributed by atoms with Crippen LogP contribution in [0, 0.1) is 0 Å². The van der Waals surface area contributed by atoms with Crippen molar-refractivity contribution in [1.82, 2.24) is 0 Å². The molecule has 0 aromatic heterocycles. The first kappa shape index (κ1) is 13.9. The van der Waals surface area contributed by atoms with E-state index in [0.717, 1.165) is 25.7 Å². The molecule has 0 aromatic rings. The Bertz CT molecular complexity index is 205. The molecule has 0 saturated carbocycles. The van der Waals surface area contributed by atoms with Crippen LogP contribution in [0.5, 0.6) is 0 Å². The van der Waals surface area contributed by atoms with E-state index in [9.17, 15) is 4.79 Å². The van der Waals surface area contributed by atoms with Gasteiger partial charge in [-0.25, -0.2) is 0 Å².